The Hall–Kier alpha value is -0.640. The Bertz CT molecular complexity index is 258. The van der Waals surface area contributed by atoms with Gasteiger partial charge in [0.15, 0.2) is 0 Å². The average molecular weight is 251 g/mol. The minimum atomic E-state index is -3.13. The Morgan fingerprint density at radius 2 is 1.69 bits per heavy atom. The molecule has 0 spiro atoms. The number of hydrogen-bond donors (Lipinski definition) is 3. The zero-order chi connectivity index (χ0) is 13.4. The highest BCUT2D eigenvalue weighted by Gasteiger charge is 2.21. The van der Waals surface area contributed by atoms with Gasteiger partial charge in [-0.1, -0.05) is 20.4 Å². The Morgan fingerprint density at radius 3 is 1.88 bits per heavy atom. The molecule has 1 amide bonds. The predicted octanol–water partition coefficient (Wildman–Crippen LogP) is 1.62. The largest absolute Gasteiger partial charge is 0.347 e. The Kier molecular flexibility index (Phi) is 9.43. The molecule has 16 heavy (non-hydrogen) atoms. The zero-order valence-electron chi connectivity index (χ0n) is 10.3. The fourth-order valence-electron chi connectivity index (χ4n) is 0.808. The summed E-state index contributed by atoms with van der Waals surface area (Å²) in [5, 5.41) is 2.95. The molecule has 0 bridgehead atoms. The van der Waals surface area contributed by atoms with Gasteiger partial charge in [-0.2, -0.15) is 0 Å². The van der Waals surface area contributed by atoms with Crippen LogP contribution in [0.5, 0.6) is 0 Å². The summed E-state index contributed by atoms with van der Waals surface area (Å²) in [6, 6.07) is 0. The van der Waals surface area contributed by atoms with Gasteiger partial charge in [-0.3, -0.25) is 9.36 Å². The summed E-state index contributed by atoms with van der Waals surface area (Å²) in [5.74, 6) is -0.0406. The Labute approximate surface area is 97.5 Å². The van der Waals surface area contributed by atoms with E-state index in [1.165, 1.54) is 0 Å². The standard InChI is InChI=1S/C10H19NO.H3O3P/c1-6-10(5,7-2)11-9(12)8(3)4;1-4(2)3/h3,6-7H2,1-2,4-5H3,(H,11,12);4H,(H2,1,2,3). The molecule has 0 aliphatic carbocycles. The van der Waals surface area contributed by atoms with Crippen LogP contribution in [0, 0.1) is 0 Å². The lowest BCUT2D eigenvalue weighted by molar-refractivity contribution is -0.119. The molecule has 0 atom stereocenters. The van der Waals surface area contributed by atoms with Crippen molar-refractivity contribution in [1.82, 2.24) is 5.32 Å². The van der Waals surface area contributed by atoms with Crippen molar-refractivity contribution >= 4 is 14.2 Å². The van der Waals surface area contributed by atoms with E-state index in [0.717, 1.165) is 12.8 Å². The van der Waals surface area contributed by atoms with E-state index in [9.17, 15) is 4.79 Å². The number of nitrogens with one attached hydrogen (secondary N) is 1. The second-order valence-electron chi connectivity index (χ2n) is 3.78. The fourth-order valence-corrected chi connectivity index (χ4v) is 0.808. The topological polar surface area (TPSA) is 86.6 Å². The quantitative estimate of drug-likeness (QED) is 0.523. The van der Waals surface area contributed by atoms with E-state index in [1.54, 1.807) is 6.92 Å². The molecule has 0 rings (SSSR count). The molecular weight excluding hydrogens is 229 g/mol. The predicted molar refractivity (Wildman–Crippen MR) is 65.4 cm³/mol. The van der Waals surface area contributed by atoms with Crippen LogP contribution >= 0.6 is 8.25 Å². The normalized spacial score (nSPS) is 10.4. The van der Waals surface area contributed by atoms with Gasteiger partial charge in [0, 0.05) is 11.1 Å². The van der Waals surface area contributed by atoms with Crippen LogP contribution in [0.2, 0.25) is 0 Å². The third-order valence-corrected chi connectivity index (χ3v) is 2.36. The minimum absolute atomic E-state index is 0.0406. The molecule has 0 aromatic carbocycles. The Balaban J connectivity index is 0. The zero-order valence-corrected chi connectivity index (χ0v) is 11.3. The maximum absolute atomic E-state index is 11.3. The first-order valence-electron chi connectivity index (χ1n) is 5.08. The summed E-state index contributed by atoms with van der Waals surface area (Å²) in [6.07, 6.45) is 1.89. The minimum Gasteiger partial charge on any atom is -0.347 e. The lowest BCUT2D eigenvalue weighted by Gasteiger charge is -2.28. The highest BCUT2D eigenvalue weighted by molar-refractivity contribution is 7.30. The maximum Gasteiger partial charge on any atom is 0.314 e. The average Bonchev–Trinajstić information content (AvgIpc) is 2.16. The van der Waals surface area contributed by atoms with E-state index in [-0.39, 0.29) is 11.4 Å². The molecule has 3 N–H and O–H groups in total. The molecule has 0 radical (unpaired) electrons. The van der Waals surface area contributed by atoms with Crippen LogP contribution in [-0.4, -0.2) is 21.2 Å². The van der Waals surface area contributed by atoms with Crippen molar-refractivity contribution in [3.8, 4) is 0 Å². The van der Waals surface area contributed by atoms with Crippen molar-refractivity contribution in [3.63, 3.8) is 0 Å². The van der Waals surface area contributed by atoms with Crippen LogP contribution in [0.25, 0.3) is 0 Å². The third kappa shape index (κ3) is 9.90. The van der Waals surface area contributed by atoms with Crippen molar-refractivity contribution in [2.75, 3.05) is 0 Å². The molecule has 6 heteroatoms. The molecule has 0 unspecified atom stereocenters. The van der Waals surface area contributed by atoms with Gasteiger partial charge in [0.1, 0.15) is 0 Å². The number of carbonyl (C=O) groups is 1. The first-order chi connectivity index (χ1) is 7.18. The van der Waals surface area contributed by atoms with E-state index in [0.29, 0.717) is 5.57 Å². The molecule has 0 fully saturated rings. The van der Waals surface area contributed by atoms with Gasteiger partial charge in [-0.05, 0) is 26.7 Å². The van der Waals surface area contributed by atoms with Crippen LogP contribution in [0.15, 0.2) is 12.2 Å². The van der Waals surface area contributed by atoms with E-state index >= 15 is 0 Å². The molecule has 0 aliphatic heterocycles. The van der Waals surface area contributed by atoms with Gasteiger partial charge in [0.25, 0.3) is 0 Å². The third-order valence-electron chi connectivity index (χ3n) is 2.36. The van der Waals surface area contributed by atoms with E-state index in [4.69, 9.17) is 14.4 Å². The molecular formula is C10H22NO4P. The summed E-state index contributed by atoms with van der Waals surface area (Å²) in [6.45, 7) is 11.5. The van der Waals surface area contributed by atoms with Crippen molar-refractivity contribution in [2.45, 2.75) is 46.1 Å². The second-order valence-corrected chi connectivity index (χ2v) is 4.35. The molecule has 96 valence electrons. The fraction of sp³-hybridized carbons (Fsp3) is 0.700. The van der Waals surface area contributed by atoms with E-state index < -0.39 is 8.25 Å². The maximum atomic E-state index is 11.3. The molecule has 0 saturated carbocycles. The molecule has 0 heterocycles. The van der Waals surface area contributed by atoms with Crippen LogP contribution in [-0.2, 0) is 9.36 Å². The molecule has 0 saturated heterocycles. The number of carbonyl (C=O) groups excluding carboxylic acids is 1. The summed E-state index contributed by atoms with van der Waals surface area (Å²) < 4.78 is 8.74. The van der Waals surface area contributed by atoms with E-state index in [1.807, 2.05) is 6.92 Å². The number of amides is 1. The van der Waals surface area contributed by atoms with Gasteiger partial charge in [0.05, 0.1) is 0 Å². The molecule has 0 aromatic rings. The van der Waals surface area contributed by atoms with Gasteiger partial charge in [-0.15, -0.1) is 0 Å². The summed E-state index contributed by atoms with van der Waals surface area (Å²) >= 11 is 0. The van der Waals surface area contributed by atoms with E-state index in [2.05, 4.69) is 25.7 Å². The lowest BCUT2D eigenvalue weighted by Crippen LogP contribution is -2.45. The smallest absolute Gasteiger partial charge is 0.314 e. The van der Waals surface area contributed by atoms with Gasteiger partial charge >= 0.3 is 8.25 Å². The van der Waals surface area contributed by atoms with Crippen LogP contribution in [0.4, 0.5) is 0 Å². The van der Waals surface area contributed by atoms with Crippen LogP contribution in [0.3, 0.4) is 0 Å². The highest BCUT2D eigenvalue weighted by Crippen LogP contribution is 2.13. The summed E-state index contributed by atoms with van der Waals surface area (Å²) in [4.78, 5) is 25.6. The summed E-state index contributed by atoms with van der Waals surface area (Å²) in [5.41, 5.74) is 0.499. The SMILES string of the molecule is C=C(C)C(=O)NC(C)(CC)CC.O=[PH](O)O. The van der Waals surface area contributed by atoms with Crippen molar-refractivity contribution in [3.05, 3.63) is 12.2 Å². The molecule has 0 aliphatic rings. The van der Waals surface area contributed by atoms with Crippen LogP contribution < -0.4 is 5.32 Å². The molecule has 5 nitrogen and oxygen atoms in total. The first kappa shape index (κ1) is 17.7. The van der Waals surface area contributed by atoms with Crippen LogP contribution in [0.1, 0.15) is 40.5 Å². The lowest BCUT2D eigenvalue weighted by atomic mass is 9.95. The van der Waals surface area contributed by atoms with Crippen molar-refractivity contribution in [2.24, 2.45) is 0 Å². The van der Waals surface area contributed by atoms with Gasteiger partial charge < -0.3 is 15.1 Å². The highest BCUT2D eigenvalue weighted by atomic mass is 31.1. The first-order valence-corrected chi connectivity index (χ1v) is 6.38. The van der Waals surface area contributed by atoms with Crippen molar-refractivity contribution in [1.29, 1.82) is 0 Å². The van der Waals surface area contributed by atoms with Gasteiger partial charge in [-0.25, -0.2) is 0 Å². The van der Waals surface area contributed by atoms with Crippen molar-refractivity contribution < 1.29 is 19.1 Å². The number of rotatable bonds is 4. The van der Waals surface area contributed by atoms with Gasteiger partial charge in [0.2, 0.25) is 5.91 Å². The second kappa shape index (κ2) is 8.50. The number of hydrogen-bond acceptors (Lipinski definition) is 2. The monoisotopic (exact) mass is 251 g/mol. The Morgan fingerprint density at radius 1 is 1.38 bits per heavy atom. The summed E-state index contributed by atoms with van der Waals surface area (Å²) in [7, 11) is -3.13. The molecule has 0 aromatic heterocycles.